The van der Waals surface area contributed by atoms with Crippen LogP contribution in [0.3, 0.4) is 0 Å². The van der Waals surface area contributed by atoms with E-state index in [1.54, 1.807) is 0 Å². The lowest BCUT2D eigenvalue weighted by atomic mass is 10.6. The van der Waals surface area contributed by atoms with E-state index >= 15 is 0 Å². The largest absolute Gasteiger partial charge is 0.257 e. The lowest BCUT2D eigenvalue weighted by molar-refractivity contribution is 0.813. The van der Waals surface area contributed by atoms with Crippen molar-refractivity contribution in [3.8, 4) is 17.6 Å². The van der Waals surface area contributed by atoms with Gasteiger partial charge in [0, 0.05) is 0 Å². The SMILES string of the molecule is c1n[nH]c(-c2ncnn2-c2ncn[nH]2)n1. The van der Waals surface area contributed by atoms with Gasteiger partial charge in [0.1, 0.15) is 19.0 Å². The van der Waals surface area contributed by atoms with Crippen molar-refractivity contribution in [3.05, 3.63) is 19.0 Å². The van der Waals surface area contributed by atoms with E-state index in [9.17, 15) is 0 Å². The molecule has 0 amide bonds. The van der Waals surface area contributed by atoms with Crippen LogP contribution in [0.4, 0.5) is 0 Å². The van der Waals surface area contributed by atoms with Gasteiger partial charge in [-0.05, 0) is 0 Å². The maximum absolute atomic E-state index is 4.04. The molecule has 0 aromatic carbocycles. The summed E-state index contributed by atoms with van der Waals surface area (Å²) < 4.78 is 1.48. The molecule has 15 heavy (non-hydrogen) atoms. The highest BCUT2D eigenvalue weighted by molar-refractivity contribution is 5.43. The van der Waals surface area contributed by atoms with Gasteiger partial charge in [-0.1, -0.05) is 0 Å². The molecule has 2 N–H and O–H groups in total. The highest BCUT2D eigenvalue weighted by atomic mass is 15.4. The smallest absolute Gasteiger partial charge is 0.248 e. The molecular formula is C6H5N9. The number of hydrogen-bond acceptors (Lipinski definition) is 6. The van der Waals surface area contributed by atoms with Crippen molar-refractivity contribution in [3.63, 3.8) is 0 Å². The Morgan fingerprint density at radius 2 is 1.80 bits per heavy atom. The summed E-state index contributed by atoms with van der Waals surface area (Å²) in [6.45, 7) is 0. The fourth-order valence-corrected chi connectivity index (χ4v) is 1.17. The Morgan fingerprint density at radius 3 is 2.53 bits per heavy atom. The van der Waals surface area contributed by atoms with E-state index in [0.29, 0.717) is 17.6 Å². The molecule has 0 saturated heterocycles. The monoisotopic (exact) mass is 203 g/mol. The average molecular weight is 203 g/mol. The van der Waals surface area contributed by atoms with Crippen LogP contribution in [0.1, 0.15) is 0 Å². The van der Waals surface area contributed by atoms with Gasteiger partial charge in [0.15, 0.2) is 5.82 Å². The summed E-state index contributed by atoms with van der Waals surface area (Å²) in [7, 11) is 0. The normalized spacial score (nSPS) is 10.7. The first-order valence-corrected chi connectivity index (χ1v) is 4.06. The minimum Gasteiger partial charge on any atom is -0.257 e. The molecule has 3 heterocycles. The fraction of sp³-hybridized carbons (Fsp3) is 0. The molecule has 0 aliphatic heterocycles. The maximum atomic E-state index is 4.04. The minimum atomic E-state index is 0.471. The van der Waals surface area contributed by atoms with E-state index in [0.717, 1.165) is 0 Å². The van der Waals surface area contributed by atoms with Gasteiger partial charge in [-0.25, -0.2) is 15.1 Å². The van der Waals surface area contributed by atoms with Crippen molar-refractivity contribution in [2.45, 2.75) is 0 Å². The lowest BCUT2D eigenvalue weighted by Crippen LogP contribution is -2.02. The standard InChI is InChI=1S/C6H5N9/c1-7-4(13-10-1)5-8-3-12-15(5)6-9-2-11-14-6/h1-3H,(H,7,10,13)(H,9,11,14). The average Bonchev–Trinajstić information content (AvgIpc) is 3.01. The van der Waals surface area contributed by atoms with Gasteiger partial charge in [-0.15, -0.1) is 0 Å². The number of nitrogens with zero attached hydrogens (tertiary/aromatic N) is 7. The second kappa shape index (κ2) is 2.97. The summed E-state index contributed by atoms with van der Waals surface area (Å²) in [4.78, 5) is 12.0. The summed E-state index contributed by atoms with van der Waals surface area (Å²) in [6.07, 6.45) is 4.19. The summed E-state index contributed by atoms with van der Waals surface area (Å²) in [5.74, 6) is 1.51. The second-order valence-electron chi connectivity index (χ2n) is 2.64. The van der Waals surface area contributed by atoms with Crippen molar-refractivity contribution in [1.82, 2.24) is 45.1 Å². The number of hydrogen-bond donors (Lipinski definition) is 2. The van der Waals surface area contributed by atoms with Gasteiger partial charge < -0.3 is 0 Å². The van der Waals surface area contributed by atoms with Gasteiger partial charge in [0.2, 0.25) is 11.8 Å². The van der Waals surface area contributed by atoms with Crippen molar-refractivity contribution in [2.24, 2.45) is 0 Å². The van der Waals surface area contributed by atoms with Crippen LogP contribution >= 0.6 is 0 Å². The first-order valence-electron chi connectivity index (χ1n) is 4.06. The fourth-order valence-electron chi connectivity index (χ4n) is 1.17. The summed E-state index contributed by atoms with van der Waals surface area (Å²) >= 11 is 0. The minimum absolute atomic E-state index is 0.471. The molecule has 0 fully saturated rings. The summed E-state index contributed by atoms with van der Waals surface area (Å²) in [5, 5.41) is 16.8. The van der Waals surface area contributed by atoms with Crippen LogP contribution in [0, 0.1) is 0 Å². The molecule has 0 atom stereocenters. The van der Waals surface area contributed by atoms with E-state index < -0.39 is 0 Å². The first-order chi connectivity index (χ1) is 7.45. The maximum Gasteiger partial charge on any atom is 0.248 e. The van der Waals surface area contributed by atoms with E-state index in [2.05, 4.69) is 40.4 Å². The quantitative estimate of drug-likeness (QED) is 0.561. The predicted octanol–water partition coefficient (Wildman–Crippen LogP) is -0.830. The molecule has 0 aliphatic carbocycles. The van der Waals surface area contributed by atoms with Crippen molar-refractivity contribution < 1.29 is 0 Å². The lowest BCUT2D eigenvalue weighted by Gasteiger charge is -1.97. The third-order valence-electron chi connectivity index (χ3n) is 1.78. The topological polar surface area (TPSA) is 114 Å². The molecule has 0 spiro atoms. The summed E-state index contributed by atoms with van der Waals surface area (Å²) in [6, 6.07) is 0. The zero-order valence-corrected chi connectivity index (χ0v) is 7.36. The van der Waals surface area contributed by atoms with Gasteiger partial charge in [-0.3, -0.25) is 5.10 Å². The Kier molecular flexibility index (Phi) is 1.54. The Balaban J connectivity index is 2.15. The van der Waals surface area contributed by atoms with Crippen LogP contribution in [-0.4, -0.2) is 45.1 Å². The molecule has 0 radical (unpaired) electrons. The zero-order valence-electron chi connectivity index (χ0n) is 7.36. The van der Waals surface area contributed by atoms with Gasteiger partial charge in [0.05, 0.1) is 0 Å². The van der Waals surface area contributed by atoms with E-state index in [4.69, 9.17) is 0 Å². The zero-order chi connectivity index (χ0) is 10.1. The van der Waals surface area contributed by atoms with Gasteiger partial charge in [0.25, 0.3) is 0 Å². The Morgan fingerprint density at radius 1 is 0.933 bits per heavy atom. The number of H-pyrrole nitrogens is 2. The number of nitrogens with one attached hydrogen (secondary N) is 2. The molecule has 3 aromatic heterocycles. The number of rotatable bonds is 2. The van der Waals surface area contributed by atoms with Crippen LogP contribution in [0.5, 0.6) is 0 Å². The molecule has 9 nitrogen and oxygen atoms in total. The van der Waals surface area contributed by atoms with Crippen LogP contribution in [0.25, 0.3) is 17.6 Å². The second-order valence-corrected chi connectivity index (χ2v) is 2.64. The Hall–Kier alpha value is -2.58. The number of aromatic nitrogens is 9. The molecule has 0 unspecified atom stereocenters. The third-order valence-corrected chi connectivity index (χ3v) is 1.78. The predicted molar refractivity (Wildman–Crippen MR) is 46.7 cm³/mol. The van der Waals surface area contributed by atoms with Crippen molar-refractivity contribution >= 4 is 0 Å². The third kappa shape index (κ3) is 1.17. The molecule has 0 bridgehead atoms. The van der Waals surface area contributed by atoms with E-state index in [1.807, 2.05) is 0 Å². The van der Waals surface area contributed by atoms with Crippen LogP contribution in [-0.2, 0) is 0 Å². The van der Waals surface area contributed by atoms with Crippen LogP contribution < -0.4 is 0 Å². The molecule has 0 saturated carbocycles. The Labute approximate surface area is 82.6 Å². The highest BCUT2D eigenvalue weighted by Crippen LogP contribution is 2.11. The molecule has 9 heteroatoms. The van der Waals surface area contributed by atoms with Crippen molar-refractivity contribution in [2.75, 3.05) is 0 Å². The van der Waals surface area contributed by atoms with Gasteiger partial charge in [-0.2, -0.15) is 25.0 Å². The van der Waals surface area contributed by atoms with Crippen LogP contribution in [0.2, 0.25) is 0 Å². The molecule has 0 aliphatic rings. The molecular weight excluding hydrogens is 198 g/mol. The molecule has 3 aromatic rings. The first kappa shape index (κ1) is 7.79. The highest BCUT2D eigenvalue weighted by Gasteiger charge is 2.12. The van der Waals surface area contributed by atoms with Crippen molar-refractivity contribution in [1.29, 1.82) is 0 Å². The van der Waals surface area contributed by atoms with Gasteiger partial charge >= 0.3 is 0 Å². The van der Waals surface area contributed by atoms with E-state index in [-0.39, 0.29) is 0 Å². The molecule has 3 rings (SSSR count). The number of aromatic amines is 2. The van der Waals surface area contributed by atoms with E-state index in [1.165, 1.54) is 23.7 Å². The Bertz CT molecular complexity index is 484. The summed E-state index contributed by atoms with van der Waals surface area (Å²) in [5.41, 5.74) is 0. The molecule has 74 valence electrons. The van der Waals surface area contributed by atoms with Crippen LogP contribution in [0.15, 0.2) is 19.0 Å².